The van der Waals surface area contributed by atoms with Crippen molar-refractivity contribution in [3.05, 3.63) is 46.5 Å². The van der Waals surface area contributed by atoms with Crippen molar-refractivity contribution in [2.45, 2.75) is 51.7 Å². The Morgan fingerprint density at radius 1 is 1.38 bits per heavy atom. The van der Waals surface area contributed by atoms with Gasteiger partial charge in [0.15, 0.2) is 6.54 Å². The number of halogens is 2. The summed E-state index contributed by atoms with van der Waals surface area (Å²) in [6.45, 7) is 6.03. The summed E-state index contributed by atoms with van der Waals surface area (Å²) in [4.78, 5) is 0. The Balaban J connectivity index is 1.95. The second-order valence-corrected chi connectivity index (χ2v) is 6.83. The summed E-state index contributed by atoms with van der Waals surface area (Å²) in [6.07, 6.45) is 5.76. The zero-order chi connectivity index (χ0) is 17.2. The fourth-order valence-electron chi connectivity index (χ4n) is 2.96. The maximum atomic E-state index is 6.44. The zero-order valence-electron chi connectivity index (χ0n) is 13.9. The fourth-order valence-corrected chi connectivity index (χ4v) is 3.51. The third kappa shape index (κ3) is 3.59. The van der Waals surface area contributed by atoms with Crippen molar-refractivity contribution in [3.63, 3.8) is 0 Å². The first-order valence-electron chi connectivity index (χ1n) is 8.25. The molecule has 1 aliphatic rings. The minimum Gasteiger partial charge on any atom is -0.341 e. The minimum atomic E-state index is -0.945. The molecule has 1 saturated heterocycles. The van der Waals surface area contributed by atoms with Gasteiger partial charge in [0.05, 0.1) is 24.3 Å². The van der Waals surface area contributed by atoms with Crippen molar-refractivity contribution in [2.24, 2.45) is 0 Å². The SMILES string of the molecule is CCC[C@H]1CO[C@](Cn2c[n+](CC)cn2)(c2ccc(Cl)cc2Cl)O1. The first kappa shape index (κ1) is 17.7. The molecule has 0 saturated carbocycles. The molecule has 24 heavy (non-hydrogen) atoms. The number of hydrogen-bond donors (Lipinski definition) is 0. The molecule has 7 heteroatoms. The Labute approximate surface area is 152 Å². The van der Waals surface area contributed by atoms with Gasteiger partial charge >= 0.3 is 0 Å². The summed E-state index contributed by atoms with van der Waals surface area (Å²) in [6, 6.07) is 5.39. The summed E-state index contributed by atoms with van der Waals surface area (Å²) in [5.41, 5.74) is 0.783. The number of rotatable bonds is 6. The van der Waals surface area contributed by atoms with Crippen molar-refractivity contribution in [1.29, 1.82) is 0 Å². The van der Waals surface area contributed by atoms with E-state index in [1.165, 1.54) is 0 Å². The molecule has 1 fully saturated rings. The third-order valence-electron chi connectivity index (χ3n) is 4.18. The van der Waals surface area contributed by atoms with Gasteiger partial charge in [-0.15, -0.1) is 4.68 Å². The minimum absolute atomic E-state index is 0.0515. The highest BCUT2D eigenvalue weighted by Crippen LogP contribution is 2.41. The molecule has 0 radical (unpaired) electrons. The van der Waals surface area contributed by atoms with Crippen LogP contribution in [-0.4, -0.2) is 22.5 Å². The Kier molecular flexibility index (Phi) is 5.45. The van der Waals surface area contributed by atoms with Gasteiger partial charge in [0, 0.05) is 15.7 Å². The van der Waals surface area contributed by atoms with Gasteiger partial charge in [-0.2, -0.15) is 0 Å². The molecule has 2 heterocycles. The van der Waals surface area contributed by atoms with Crippen LogP contribution in [0, 0.1) is 0 Å². The van der Waals surface area contributed by atoms with Crippen LogP contribution in [0.1, 0.15) is 32.3 Å². The van der Waals surface area contributed by atoms with Crippen molar-refractivity contribution in [3.8, 4) is 0 Å². The van der Waals surface area contributed by atoms with Crippen LogP contribution in [0.15, 0.2) is 30.9 Å². The molecule has 0 aliphatic carbocycles. The van der Waals surface area contributed by atoms with E-state index in [1.807, 2.05) is 21.6 Å². The first-order chi connectivity index (χ1) is 11.6. The molecule has 5 nitrogen and oxygen atoms in total. The average Bonchev–Trinajstić information content (AvgIpc) is 3.16. The molecule has 0 amide bonds. The number of nitrogens with zero attached hydrogens (tertiary/aromatic N) is 3. The van der Waals surface area contributed by atoms with E-state index < -0.39 is 5.79 Å². The lowest BCUT2D eigenvalue weighted by Gasteiger charge is -2.27. The predicted molar refractivity (Wildman–Crippen MR) is 92.0 cm³/mol. The molecule has 1 aromatic carbocycles. The smallest absolute Gasteiger partial charge is 0.265 e. The molecule has 0 bridgehead atoms. The second-order valence-electron chi connectivity index (χ2n) is 5.99. The van der Waals surface area contributed by atoms with Gasteiger partial charge in [0.1, 0.15) is 0 Å². The van der Waals surface area contributed by atoms with Crippen LogP contribution < -0.4 is 4.57 Å². The lowest BCUT2D eigenvalue weighted by atomic mass is 10.1. The number of benzene rings is 1. The summed E-state index contributed by atoms with van der Waals surface area (Å²) < 4.78 is 16.3. The molecule has 0 spiro atoms. The molecule has 130 valence electrons. The van der Waals surface area contributed by atoms with Crippen molar-refractivity contribution >= 4 is 23.2 Å². The lowest BCUT2D eigenvalue weighted by molar-refractivity contribution is -0.694. The summed E-state index contributed by atoms with van der Waals surface area (Å²) in [7, 11) is 0. The Morgan fingerprint density at radius 2 is 2.21 bits per heavy atom. The van der Waals surface area contributed by atoms with E-state index in [4.69, 9.17) is 32.7 Å². The van der Waals surface area contributed by atoms with E-state index in [0.29, 0.717) is 23.2 Å². The van der Waals surface area contributed by atoms with E-state index >= 15 is 0 Å². The lowest BCUT2D eigenvalue weighted by Crippen LogP contribution is -2.35. The number of aromatic nitrogens is 3. The summed E-state index contributed by atoms with van der Waals surface area (Å²) in [5.74, 6) is -0.945. The predicted octanol–water partition coefficient (Wildman–Crippen LogP) is 3.57. The highest BCUT2D eigenvalue weighted by atomic mass is 35.5. The van der Waals surface area contributed by atoms with Crippen molar-refractivity contribution in [2.75, 3.05) is 6.61 Å². The van der Waals surface area contributed by atoms with Crippen LogP contribution in [0.5, 0.6) is 0 Å². The van der Waals surface area contributed by atoms with Crippen LogP contribution in [0.2, 0.25) is 10.0 Å². The molecule has 2 aromatic rings. The van der Waals surface area contributed by atoms with Crippen LogP contribution in [0.4, 0.5) is 0 Å². The molecule has 0 unspecified atom stereocenters. The Morgan fingerprint density at radius 3 is 2.88 bits per heavy atom. The fraction of sp³-hybridized carbons (Fsp3) is 0.529. The Hall–Kier alpha value is -1.14. The van der Waals surface area contributed by atoms with Gasteiger partial charge in [0.25, 0.3) is 6.33 Å². The maximum absolute atomic E-state index is 6.44. The number of aryl methyl sites for hydroxylation is 1. The van der Waals surface area contributed by atoms with E-state index in [9.17, 15) is 0 Å². The van der Waals surface area contributed by atoms with Crippen LogP contribution in [0.25, 0.3) is 0 Å². The van der Waals surface area contributed by atoms with Crippen molar-refractivity contribution in [1.82, 2.24) is 9.78 Å². The van der Waals surface area contributed by atoms with Crippen LogP contribution >= 0.6 is 23.2 Å². The van der Waals surface area contributed by atoms with E-state index in [0.717, 1.165) is 24.9 Å². The summed E-state index contributed by atoms with van der Waals surface area (Å²) >= 11 is 12.5. The highest BCUT2D eigenvalue weighted by molar-refractivity contribution is 6.35. The molecule has 1 aromatic heterocycles. The third-order valence-corrected chi connectivity index (χ3v) is 4.72. The Bertz CT molecular complexity index is 707. The second kappa shape index (κ2) is 7.40. The molecular weight excluding hydrogens is 349 g/mol. The summed E-state index contributed by atoms with van der Waals surface area (Å²) in [5, 5.41) is 5.51. The van der Waals surface area contributed by atoms with Gasteiger partial charge in [-0.25, -0.2) is 4.57 Å². The number of hydrogen-bond acceptors (Lipinski definition) is 3. The normalized spacial score (nSPS) is 23.8. The van der Waals surface area contributed by atoms with Gasteiger partial charge in [-0.1, -0.05) is 42.6 Å². The molecule has 3 rings (SSSR count). The molecule has 2 atom stereocenters. The topological polar surface area (TPSA) is 40.2 Å². The molecule has 1 aliphatic heterocycles. The van der Waals surface area contributed by atoms with E-state index in [1.54, 1.807) is 18.5 Å². The quantitative estimate of drug-likeness (QED) is 0.729. The first-order valence-corrected chi connectivity index (χ1v) is 9.00. The highest BCUT2D eigenvalue weighted by Gasteiger charge is 2.46. The molecular formula is C17H22Cl2N3O2+. The monoisotopic (exact) mass is 370 g/mol. The van der Waals surface area contributed by atoms with Gasteiger partial charge in [-0.05, 0) is 25.5 Å². The van der Waals surface area contributed by atoms with Crippen molar-refractivity contribution < 1.29 is 14.0 Å². The van der Waals surface area contributed by atoms with Gasteiger partial charge in [0.2, 0.25) is 12.1 Å². The largest absolute Gasteiger partial charge is 0.341 e. The van der Waals surface area contributed by atoms with Gasteiger partial charge < -0.3 is 9.47 Å². The molecule has 0 N–H and O–H groups in total. The van der Waals surface area contributed by atoms with Crippen LogP contribution in [0.3, 0.4) is 0 Å². The standard InChI is InChI=1S/C17H22Cl2N3O2/c1-3-5-14-9-23-17(24-14,10-22-12-21(4-2)11-20-22)15-7-6-13(18)8-16(15)19/h6-8,11-12,14H,3-5,9-10H2,1-2H3/q+1/t14-,17-/m0/s1. The van der Waals surface area contributed by atoms with E-state index in [-0.39, 0.29) is 6.10 Å². The zero-order valence-corrected chi connectivity index (χ0v) is 15.4. The number of ether oxygens (including phenoxy) is 2. The average molecular weight is 371 g/mol. The van der Waals surface area contributed by atoms with Gasteiger partial charge in [-0.3, -0.25) is 0 Å². The van der Waals surface area contributed by atoms with E-state index in [2.05, 4.69) is 18.9 Å². The van der Waals surface area contributed by atoms with Crippen LogP contribution in [-0.2, 0) is 28.4 Å². The maximum Gasteiger partial charge on any atom is 0.265 e.